The topological polar surface area (TPSA) is 22.1 Å². The molecule has 0 aliphatic carbocycles. The number of hydrogen-bond acceptors (Lipinski definition) is 2. The van der Waals surface area contributed by atoms with Crippen molar-refractivity contribution in [2.45, 2.75) is 19.8 Å². The summed E-state index contributed by atoms with van der Waals surface area (Å²) >= 11 is 0. The molecule has 18 heavy (non-hydrogen) atoms. The Bertz CT molecular complexity index is 552. The fraction of sp³-hybridized carbons (Fsp3) is 0.267. The van der Waals surface area contributed by atoms with E-state index in [1.807, 2.05) is 18.2 Å². The lowest BCUT2D eigenvalue weighted by atomic mass is 10.1. The summed E-state index contributed by atoms with van der Waals surface area (Å²) in [5, 5.41) is 0. The summed E-state index contributed by atoms with van der Waals surface area (Å²) in [4.78, 5) is 4.55. The van der Waals surface area contributed by atoms with Gasteiger partial charge < -0.3 is 4.74 Å². The molecule has 0 aliphatic heterocycles. The van der Waals surface area contributed by atoms with E-state index < -0.39 is 0 Å². The monoisotopic (exact) mass is 245 g/mol. The molecule has 1 aromatic carbocycles. The number of hydrogen-bond donors (Lipinski definition) is 0. The molecule has 1 heterocycles. The van der Waals surface area contributed by atoms with Gasteiger partial charge in [0, 0.05) is 11.3 Å². The van der Waals surface area contributed by atoms with Crippen LogP contribution in [-0.4, -0.2) is 12.1 Å². The van der Waals surface area contributed by atoms with E-state index in [0.717, 1.165) is 11.4 Å². The van der Waals surface area contributed by atoms with Crippen LogP contribution in [0.3, 0.4) is 0 Å². The van der Waals surface area contributed by atoms with Gasteiger partial charge in [-0.1, -0.05) is 19.9 Å². The second-order valence-corrected chi connectivity index (χ2v) is 4.45. The van der Waals surface area contributed by atoms with E-state index in [1.165, 1.54) is 12.1 Å². The Morgan fingerprint density at radius 1 is 1.17 bits per heavy atom. The third-order valence-corrected chi connectivity index (χ3v) is 2.80. The molecule has 0 saturated heterocycles. The van der Waals surface area contributed by atoms with Gasteiger partial charge in [-0.2, -0.15) is 0 Å². The van der Waals surface area contributed by atoms with E-state index in [-0.39, 0.29) is 5.82 Å². The molecule has 0 saturated carbocycles. The molecule has 0 N–H and O–H groups in total. The smallest absolute Gasteiger partial charge is 0.128 e. The van der Waals surface area contributed by atoms with Gasteiger partial charge in [0.25, 0.3) is 0 Å². The molecule has 3 heteroatoms. The van der Waals surface area contributed by atoms with E-state index in [2.05, 4.69) is 18.8 Å². The number of pyridine rings is 1. The van der Waals surface area contributed by atoms with Crippen LogP contribution in [0.5, 0.6) is 5.75 Å². The van der Waals surface area contributed by atoms with Crippen LogP contribution in [0.2, 0.25) is 0 Å². The van der Waals surface area contributed by atoms with Crippen LogP contribution in [-0.2, 0) is 0 Å². The van der Waals surface area contributed by atoms with Gasteiger partial charge in [0.2, 0.25) is 0 Å². The van der Waals surface area contributed by atoms with Crippen LogP contribution in [0.1, 0.15) is 25.5 Å². The average Bonchev–Trinajstić information content (AvgIpc) is 2.39. The van der Waals surface area contributed by atoms with Gasteiger partial charge in [-0.3, -0.25) is 4.98 Å². The van der Waals surface area contributed by atoms with Crippen molar-refractivity contribution < 1.29 is 9.13 Å². The first-order valence-electron chi connectivity index (χ1n) is 5.92. The SMILES string of the molecule is COc1ccc(F)cc1-c1cccc(C(C)C)n1. The quantitative estimate of drug-likeness (QED) is 0.814. The van der Waals surface area contributed by atoms with Gasteiger partial charge in [0.05, 0.1) is 12.8 Å². The van der Waals surface area contributed by atoms with Crippen LogP contribution >= 0.6 is 0 Å². The molecule has 1 aromatic heterocycles. The second kappa shape index (κ2) is 5.17. The molecule has 94 valence electrons. The molecule has 0 aliphatic rings. The Balaban J connectivity index is 2.54. The van der Waals surface area contributed by atoms with Crippen LogP contribution in [0.15, 0.2) is 36.4 Å². The Morgan fingerprint density at radius 2 is 1.94 bits per heavy atom. The van der Waals surface area contributed by atoms with Gasteiger partial charge in [-0.25, -0.2) is 4.39 Å². The van der Waals surface area contributed by atoms with Gasteiger partial charge >= 0.3 is 0 Å². The maximum absolute atomic E-state index is 13.3. The highest BCUT2D eigenvalue weighted by Gasteiger charge is 2.10. The third kappa shape index (κ3) is 2.50. The summed E-state index contributed by atoms with van der Waals surface area (Å²) in [5.74, 6) is 0.678. The Kier molecular flexibility index (Phi) is 3.60. The summed E-state index contributed by atoms with van der Waals surface area (Å²) < 4.78 is 18.6. The fourth-order valence-electron chi connectivity index (χ4n) is 1.80. The minimum absolute atomic E-state index is 0.289. The van der Waals surface area contributed by atoms with Gasteiger partial charge in [-0.15, -0.1) is 0 Å². The zero-order valence-electron chi connectivity index (χ0n) is 10.8. The van der Waals surface area contributed by atoms with Crippen molar-refractivity contribution in [2.75, 3.05) is 7.11 Å². The molecule has 0 atom stereocenters. The molecule has 0 bridgehead atoms. The number of aromatic nitrogens is 1. The number of halogens is 1. The van der Waals surface area contributed by atoms with Crippen molar-refractivity contribution in [3.8, 4) is 17.0 Å². The second-order valence-electron chi connectivity index (χ2n) is 4.45. The number of benzene rings is 1. The maximum Gasteiger partial charge on any atom is 0.128 e. The summed E-state index contributed by atoms with van der Waals surface area (Å²) in [6.07, 6.45) is 0. The van der Waals surface area contributed by atoms with E-state index in [4.69, 9.17) is 4.74 Å². The van der Waals surface area contributed by atoms with Crippen molar-refractivity contribution in [2.24, 2.45) is 0 Å². The van der Waals surface area contributed by atoms with E-state index in [0.29, 0.717) is 17.2 Å². The fourth-order valence-corrected chi connectivity index (χ4v) is 1.80. The highest BCUT2D eigenvalue weighted by molar-refractivity contribution is 5.67. The molecule has 0 amide bonds. The number of ether oxygens (including phenoxy) is 1. The van der Waals surface area contributed by atoms with Crippen LogP contribution in [0.25, 0.3) is 11.3 Å². The highest BCUT2D eigenvalue weighted by atomic mass is 19.1. The van der Waals surface area contributed by atoms with E-state index in [1.54, 1.807) is 13.2 Å². The minimum atomic E-state index is -0.289. The standard InChI is InChI=1S/C15H16FNO/c1-10(2)13-5-4-6-14(17-13)12-9-11(16)7-8-15(12)18-3/h4-10H,1-3H3. The first kappa shape index (κ1) is 12.6. The minimum Gasteiger partial charge on any atom is -0.496 e. The lowest BCUT2D eigenvalue weighted by Crippen LogP contribution is -1.96. The number of rotatable bonds is 3. The van der Waals surface area contributed by atoms with Crippen molar-refractivity contribution in [3.63, 3.8) is 0 Å². The average molecular weight is 245 g/mol. The highest BCUT2D eigenvalue weighted by Crippen LogP contribution is 2.30. The van der Waals surface area contributed by atoms with Crippen LogP contribution in [0.4, 0.5) is 4.39 Å². The van der Waals surface area contributed by atoms with Crippen molar-refractivity contribution in [1.29, 1.82) is 0 Å². The molecule has 0 fully saturated rings. The van der Waals surface area contributed by atoms with Gasteiger partial charge in [0.15, 0.2) is 0 Å². The zero-order chi connectivity index (χ0) is 13.1. The number of nitrogens with zero attached hydrogens (tertiary/aromatic N) is 1. The normalized spacial score (nSPS) is 10.7. The summed E-state index contributed by atoms with van der Waals surface area (Å²) in [7, 11) is 1.57. The summed E-state index contributed by atoms with van der Waals surface area (Å²) in [6.45, 7) is 4.16. The number of methoxy groups -OCH3 is 1. The Morgan fingerprint density at radius 3 is 2.61 bits per heavy atom. The molecule has 0 unspecified atom stereocenters. The molecule has 2 aromatic rings. The van der Waals surface area contributed by atoms with E-state index in [9.17, 15) is 4.39 Å². The van der Waals surface area contributed by atoms with Crippen molar-refractivity contribution in [1.82, 2.24) is 4.98 Å². The molecule has 2 rings (SSSR count). The Labute approximate surface area is 106 Å². The lowest BCUT2D eigenvalue weighted by molar-refractivity contribution is 0.415. The predicted octanol–water partition coefficient (Wildman–Crippen LogP) is 4.02. The molecule has 0 radical (unpaired) electrons. The summed E-state index contributed by atoms with van der Waals surface area (Å²) in [5.41, 5.74) is 2.40. The van der Waals surface area contributed by atoms with E-state index >= 15 is 0 Å². The van der Waals surface area contributed by atoms with Crippen LogP contribution < -0.4 is 4.74 Å². The maximum atomic E-state index is 13.3. The first-order valence-corrected chi connectivity index (χ1v) is 5.92. The van der Waals surface area contributed by atoms with Crippen molar-refractivity contribution >= 4 is 0 Å². The third-order valence-electron chi connectivity index (χ3n) is 2.80. The first-order chi connectivity index (χ1) is 8.61. The predicted molar refractivity (Wildman–Crippen MR) is 70.3 cm³/mol. The lowest BCUT2D eigenvalue weighted by Gasteiger charge is -2.10. The van der Waals surface area contributed by atoms with Gasteiger partial charge in [-0.05, 0) is 36.2 Å². The van der Waals surface area contributed by atoms with Gasteiger partial charge in [0.1, 0.15) is 11.6 Å². The van der Waals surface area contributed by atoms with Crippen LogP contribution in [0, 0.1) is 5.82 Å². The molecule has 0 spiro atoms. The molecular weight excluding hydrogens is 229 g/mol. The molecular formula is C15H16FNO. The summed E-state index contributed by atoms with van der Waals surface area (Å²) in [6, 6.07) is 10.2. The zero-order valence-corrected chi connectivity index (χ0v) is 10.8. The Hall–Kier alpha value is -1.90. The van der Waals surface area contributed by atoms with Crippen molar-refractivity contribution in [3.05, 3.63) is 47.9 Å². The molecule has 2 nitrogen and oxygen atoms in total. The largest absolute Gasteiger partial charge is 0.496 e.